The molecule has 0 radical (unpaired) electrons. The van der Waals surface area contributed by atoms with Gasteiger partial charge >= 0.3 is 0 Å². The molecule has 0 aromatic rings. The maximum Gasteiger partial charge on any atom is 0.212 e. The molecule has 6 heteroatoms. The molecule has 17 heavy (non-hydrogen) atoms. The highest BCUT2D eigenvalue weighted by Gasteiger charge is 2.28. The van der Waals surface area contributed by atoms with Crippen LogP contribution in [0.5, 0.6) is 0 Å². The van der Waals surface area contributed by atoms with Gasteiger partial charge in [-0.3, -0.25) is 0 Å². The quantitative estimate of drug-likeness (QED) is 0.753. The van der Waals surface area contributed by atoms with Crippen LogP contribution in [0.1, 0.15) is 26.2 Å². The fraction of sp³-hybridized carbons (Fsp3) is 1.00. The molecule has 0 saturated carbocycles. The van der Waals surface area contributed by atoms with Gasteiger partial charge in [-0.25, -0.2) is 13.1 Å². The zero-order valence-electron chi connectivity index (χ0n) is 10.3. The van der Waals surface area contributed by atoms with Crippen molar-refractivity contribution in [3.8, 4) is 0 Å². The molecule has 2 aliphatic heterocycles. The fourth-order valence-electron chi connectivity index (χ4n) is 2.51. The molecule has 0 spiro atoms. The summed E-state index contributed by atoms with van der Waals surface area (Å²) in [7, 11) is -3.17. The lowest BCUT2D eigenvalue weighted by molar-refractivity contribution is 0.188. The van der Waals surface area contributed by atoms with Gasteiger partial charge in [0.15, 0.2) is 0 Å². The third kappa shape index (κ3) is 3.91. The first-order chi connectivity index (χ1) is 8.07. The van der Waals surface area contributed by atoms with E-state index in [0.717, 1.165) is 25.8 Å². The van der Waals surface area contributed by atoms with Crippen LogP contribution in [0.3, 0.4) is 0 Å². The number of ether oxygens (including phenoxy) is 1. The Kier molecular flexibility index (Phi) is 4.41. The molecule has 0 aromatic carbocycles. The topological polar surface area (TPSA) is 67.4 Å². The molecular formula is C11H22N2O3S. The van der Waals surface area contributed by atoms with Gasteiger partial charge in [-0.15, -0.1) is 0 Å². The Hall–Kier alpha value is -0.170. The summed E-state index contributed by atoms with van der Waals surface area (Å²) in [5.41, 5.74) is 0. The first-order valence-corrected chi connectivity index (χ1v) is 8.03. The first kappa shape index (κ1) is 13.3. The Morgan fingerprint density at radius 2 is 2.24 bits per heavy atom. The van der Waals surface area contributed by atoms with Crippen molar-refractivity contribution in [2.24, 2.45) is 5.92 Å². The van der Waals surface area contributed by atoms with Gasteiger partial charge in [0.1, 0.15) is 0 Å². The molecule has 2 rings (SSSR count). The molecule has 5 nitrogen and oxygen atoms in total. The summed E-state index contributed by atoms with van der Waals surface area (Å²) in [6, 6.07) is 0.259. The zero-order chi connectivity index (χ0) is 12.3. The number of piperidine rings is 1. The van der Waals surface area contributed by atoms with E-state index in [1.807, 2.05) is 6.92 Å². The molecule has 2 saturated heterocycles. The Labute approximate surface area is 103 Å². The number of sulfonamides is 1. The summed E-state index contributed by atoms with van der Waals surface area (Å²) in [5, 5.41) is 3.30. The van der Waals surface area contributed by atoms with Gasteiger partial charge in [-0.2, -0.15) is 0 Å². The average Bonchev–Trinajstić information content (AvgIpc) is 2.73. The molecule has 3 atom stereocenters. The van der Waals surface area contributed by atoms with Crippen LogP contribution in [0.4, 0.5) is 0 Å². The van der Waals surface area contributed by atoms with Gasteiger partial charge in [-0.1, -0.05) is 0 Å². The van der Waals surface area contributed by atoms with E-state index in [0.29, 0.717) is 13.2 Å². The Morgan fingerprint density at radius 3 is 2.88 bits per heavy atom. The SMILES string of the molecule is CC1NCCCC1NS(=O)(=O)CC1CCOC1. The van der Waals surface area contributed by atoms with Crippen LogP contribution >= 0.6 is 0 Å². The van der Waals surface area contributed by atoms with Crippen molar-refractivity contribution in [2.45, 2.75) is 38.3 Å². The molecule has 0 bridgehead atoms. The van der Waals surface area contributed by atoms with Crippen molar-refractivity contribution in [1.29, 1.82) is 0 Å². The minimum atomic E-state index is -3.17. The molecule has 0 amide bonds. The van der Waals surface area contributed by atoms with Gasteiger partial charge in [0.25, 0.3) is 0 Å². The van der Waals surface area contributed by atoms with E-state index in [1.165, 1.54) is 0 Å². The van der Waals surface area contributed by atoms with Gasteiger partial charge in [0, 0.05) is 18.7 Å². The van der Waals surface area contributed by atoms with Crippen molar-refractivity contribution in [1.82, 2.24) is 10.0 Å². The smallest absolute Gasteiger partial charge is 0.212 e. The molecule has 100 valence electrons. The van der Waals surface area contributed by atoms with Crippen LogP contribution in [0.15, 0.2) is 0 Å². The fourth-order valence-corrected chi connectivity index (χ4v) is 4.27. The van der Waals surface area contributed by atoms with Gasteiger partial charge < -0.3 is 10.1 Å². The molecule has 2 N–H and O–H groups in total. The van der Waals surface area contributed by atoms with E-state index in [1.54, 1.807) is 0 Å². The molecule has 2 fully saturated rings. The van der Waals surface area contributed by atoms with E-state index in [2.05, 4.69) is 10.0 Å². The van der Waals surface area contributed by atoms with Gasteiger partial charge in [0.05, 0.1) is 12.4 Å². The minimum Gasteiger partial charge on any atom is -0.381 e. The van der Waals surface area contributed by atoms with Crippen LogP contribution in [0, 0.1) is 5.92 Å². The van der Waals surface area contributed by atoms with E-state index in [-0.39, 0.29) is 23.8 Å². The monoisotopic (exact) mass is 262 g/mol. The molecular weight excluding hydrogens is 240 g/mol. The summed E-state index contributed by atoms with van der Waals surface area (Å²) in [4.78, 5) is 0. The van der Waals surface area contributed by atoms with Crippen molar-refractivity contribution >= 4 is 10.0 Å². The van der Waals surface area contributed by atoms with Crippen molar-refractivity contribution in [3.05, 3.63) is 0 Å². The second-order valence-electron chi connectivity index (χ2n) is 5.12. The number of hydrogen-bond acceptors (Lipinski definition) is 4. The number of rotatable bonds is 4. The zero-order valence-corrected chi connectivity index (χ0v) is 11.1. The largest absolute Gasteiger partial charge is 0.381 e. The van der Waals surface area contributed by atoms with Crippen LogP contribution in [-0.2, 0) is 14.8 Å². The average molecular weight is 262 g/mol. The van der Waals surface area contributed by atoms with Crippen LogP contribution in [0.2, 0.25) is 0 Å². The second kappa shape index (κ2) is 5.65. The van der Waals surface area contributed by atoms with Crippen LogP contribution in [0.25, 0.3) is 0 Å². The minimum absolute atomic E-state index is 0.0380. The van der Waals surface area contributed by atoms with Crippen molar-refractivity contribution < 1.29 is 13.2 Å². The van der Waals surface area contributed by atoms with Gasteiger partial charge in [-0.05, 0) is 38.6 Å². The van der Waals surface area contributed by atoms with E-state index >= 15 is 0 Å². The maximum absolute atomic E-state index is 12.0. The van der Waals surface area contributed by atoms with E-state index in [9.17, 15) is 8.42 Å². The van der Waals surface area contributed by atoms with Crippen molar-refractivity contribution in [2.75, 3.05) is 25.5 Å². The van der Waals surface area contributed by atoms with Crippen molar-refractivity contribution in [3.63, 3.8) is 0 Å². The van der Waals surface area contributed by atoms with Crippen LogP contribution < -0.4 is 10.0 Å². The molecule has 0 aliphatic carbocycles. The molecule has 0 aromatic heterocycles. The Bertz CT molecular complexity index is 339. The first-order valence-electron chi connectivity index (χ1n) is 6.38. The van der Waals surface area contributed by atoms with E-state index < -0.39 is 10.0 Å². The summed E-state index contributed by atoms with van der Waals surface area (Å²) >= 11 is 0. The summed E-state index contributed by atoms with van der Waals surface area (Å²) in [6.45, 7) is 4.29. The highest BCUT2D eigenvalue weighted by Crippen LogP contribution is 2.16. The maximum atomic E-state index is 12.0. The van der Waals surface area contributed by atoms with Gasteiger partial charge in [0.2, 0.25) is 10.0 Å². The van der Waals surface area contributed by atoms with E-state index in [4.69, 9.17) is 4.74 Å². The predicted octanol–water partition coefficient (Wildman–Crippen LogP) is 0.0828. The highest BCUT2D eigenvalue weighted by atomic mass is 32.2. The standard InChI is InChI=1S/C11H22N2O3S/c1-9-11(3-2-5-12-9)13-17(14,15)8-10-4-6-16-7-10/h9-13H,2-8H2,1H3. The second-order valence-corrected chi connectivity index (χ2v) is 6.92. The Balaban J connectivity index is 1.87. The Morgan fingerprint density at radius 1 is 1.41 bits per heavy atom. The number of hydrogen-bond donors (Lipinski definition) is 2. The summed E-state index contributed by atoms with van der Waals surface area (Å²) in [5.74, 6) is 0.371. The summed E-state index contributed by atoms with van der Waals surface area (Å²) < 4.78 is 32.0. The predicted molar refractivity (Wildman–Crippen MR) is 66.3 cm³/mol. The van der Waals surface area contributed by atoms with Crippen LogP contribution in [-0.4, -0.2) is 46.0 Å². The lowest BCUT2D eigenvalue weighted by atomic mass is 10.0. The lowest BCUT2D eigenvalue weighted by Gasteiger charge is -2.30. The third-order valence-corrected chi connectivity index (χ3v) is 5.14. The third-order valence-electron chi connectivity index (χ3n) is 3.57. The lowest BCUT2D eigenvalue weighted by Crippen LogP contribution is -2.52. The normalized spacial score (nSPS) is 35.0. The molecule has 3 unspecified atom stereocenters. The highest BCUT2D eigenvalue weighted by molar-refractivity contribution is 7.89. The number of nitrogens with one attached hydrogen (secondary N) is 2. The molecule has 2 heterocycles. The molecule has 2 aliphatic rings. The summed E-state index contributed by atoms with van der Waals surface area (Å²) in [6.07, 6.45) is 2.82.